The average Bonchev–Trinajstić information content (AvgIpc) is 2.16. The Kier molecular flexibility index (Phi) is 3.17. The molecule has 1 saturated carbocycles. The van der Waals surface area contributed by atoms with Gasteiger partial charge >= 0.3 is 0 Å². The Hall–Kier alpha value is -0.340. The van der Waals surface area contributed by atoms with Crippen molar-refractivity contribution < 1.29 is 9.47 Å². The van der Waals surface area contributed by atoms with E-state index in [2.05, 4.69) is 13.0 Å². The number of rotatable bonds is 3. The summed E-state index contributed by atoms with van der Waals surface area (Å²) in [5, 5.41) is 0. The Balaban J connectivity index is 2.08. The molecule has 0 aromatic heterocycles. The Morgan fingerprint density at radius 2 is 2.33 bits per heavy atom. The van der Waals surface area contributed by atoms with E-state index < -0.39 is 0 Å². The third-order valence-corrected chi connectivity index (χ3v) is 3.63. The molecule has 0 N–H and O–H groups in total. The first-order valence-electron chi connectivity index (χ1n) is 6.02. The fourth-order valence-electron chi connectivity index (χ4n) is 3.07. The van der Waals surface area contributed by atoms with Crippen molar-refractivity contribution >= 4 is 0 Å². The van der Waals surface area contributed by atoms with Crippen molar-refractivity contribution in [1.29, 1.82) is 0 Å². The van der Waals surface area contributed by atoms with Crippen molar-refractivity contribution in [2.45, 2.75) is 57.8 Å². The molecule has 3 atom stereocenters. The van der Waals surface area contributed by atoms with Crippen LogP contribution in [0.3, 0.4) is 0 Å². The summed E-state index contributed by atoms with van der Waals surface area (Å²) in [6, 6.07) is 0. The smallest absolute Gasteiger partial charge is 0.155 e. The average molecular weight is 210 g/mol. The summed E-state index contributed by atoms with van der Waals surface area (Å²) >= 11 is 0. The predicted octanol–water partition coefficient (Wildman–Crippen LogP) is 3.27. The Labute approximate surface area is 92.6 Å². The third kappa shape index (κ3) is 2.61. The quantitative estimate of drug-likeness (QED) is 0.526. The molecular weight excluding hydrogens is 188 g/mol. The first-order chi connectivity index (χ1) is 7.11. The number of ether oxygens (including phenoxy) is 2. The summed E-state index contributed by atoms with van der Waals surface area (Å²) in [6.45, 7) is 4.16. The van der Waals surface area contributed by atoms with E-state index in [9.17, 15) is 0 Å². The second kappa shape index (κ2) is 4.26. The maximum Gasteiger partial charge on any atom is 0.155 e. The molecular formula is C13H22O2. The van der Waals surface area contributed by atoms with Crippen LogP contribution in [-0.4, -0.2) is 19.0 Å². The van der Waals surface area contributed by atoms with Crippen molar-refractivity contribution in [3.63, 3.8) is 0 Å². The molecule has 15 heavy (non-hydrogen) atoms. The minimum Gasteiger partial charge on any atom is -0.356 e. The van der Waals surface area contributed by atoms with Crippen LogP contribution in [0.4, 0.5) is 0 Å². The van der Waals surface area contributed by atoms with Gasteiger partial charge in [-0.15, -0.1) is 0 Å². The predicted molar refractivity (Wildman–Crippen MR) is 60.6 cm³/mol. The van der Waals surface area contributed by atoms with E-state index >= 15 is 0 Å². The molecule has 2 aliphatic rings. The lowest BCUT2D eigenvalue weighted by Gasteiger charge is -2.40. The van der Waals surface area contributed by atoms with E-state index in [0.29, 0.717) is 0 Å². The van der Waals surface area contributed by atoms with E-state index in [0.717, 1.165) is 12.3 Å². The van der Waals surface area contributed by atoms with Crippen LogP contribution in [0.1, 0.15) is 46.0 Å². The number of methoxy groups -OCH3 is 1. The largest absolute Gasteiger partial charge is 0.356 e. The van der Waals surface area contributed by atoms with E-state index in [1.165, 1.54) is 25.7 Å². The molecule has 0 spiro atoms. The molecule has 86 valence electrons. The van der Waals surface area contributed by atoms with E-state index in [1.807, 2.05) is 6.92 Å². The van der Waals surface area contributed by atoms with Gasteiger partial charge in [0.05, 0.1) is 5.60 Å². The zero-order valence-corrected chi connectivity index (χ0v) is 10.1. The Bertz CT molecular complexity index is 259. The van der Waals surface area contributed by atoms with Crippen molar-refractivity contribution in [1.82, 2.24) is 0 Å². The topological polar surface area (TPSA) is 18.5 Å². The fourth-order valence-corrected chi connectivity index (χ4v) is 3.07. The lowest BCUT2D eigenvalue weighted by Crippen LogP contribution is -2.37. The number of hydrogen-bond acceptors (Lipinski definition) is 2. The number of fused-ring (bicyclic) bond motifs is 2. The second-order valence-electron chi connectivity index (χ2n) is 5.20. The molecule has 2 heteroatoms. The summed E-state index contributed by atoms with van der Waals surface area (Å²) in [5.74, 6) is 0.841. The summed E-state index contributed by atoms with van der Waals surface area (Å²) in [7, 11) is 1.70. The summed E-state index contributed by atoms with van der Waals surface area (Å²) < 4.78 is 11.2. The molecule has 0 saturated heterocycles. The van der Waals surface area contributed by atoms with Crippen molar-refractivity contribution in [3.05, 3.63) is 11.6 Å². The highest BCUT2D eigenvalue weighted by Gasteiger charge is 2.35. The molecule has 2 bridgehead atoms. The molecule has 0 amide bonds. The lowest BCUT2D eigenvalue weighted by molar-refractivity contribution is -0.175. The van der Waals surface area contributed by atoms with Crippen molar-refractivity contribution in [2.24, 2.45) is 5.92 Å². The standard InChI is InChI=1S/C13H22O2/c1-10(14-3)15-13(2)8-11-5-4-6-12(7-11)9-13/h8,10,12H,4-7,9H2,1-3H3. The van der Waals surface area contributed by atoms with Gasteiger partial charge in [0.1, 0.15) is 0 Å². The van der Waals surface area contributed by atoms with Gasteiger partial charge in [-0.05, 0) is 51.9 Å². The van der Waals surface area contributed by atoms with Gasteiger partial charge in [-0.1, -0.05) is 11.6 Å². The highest BCUT2D eigenvalue weighted by molar-refractivity contribution is 5.18. The van der Waals surface area contributed by atoms with Gasteiger partial charge in [-0.2, -0.15) is 0 Å². The molecule has 2 nitrogen and oxygen atoms in total. The minimum absolute atomic E-state index is 0.0892. The SMILES string of the molecule is COC(C)OC1(C)C=C2CCCC(C2)C1. The van der Waals surface area contributed by atoms with Crippen LogP contribution >= 0.6 is 0 Å². The number of allylic oxidation sites excluding steroid dienone is 1. The van der Waals surface area contributed by atoms with Gasteiger partial charge in [0.25, 0.3) is 0 Å². The van der Waals surface area contributed by atoms with Crippen LogP contribution in [0, 0.1) is 5.92 Å². The van der Waals surface area contributed by atoms with Gasteiger partial charge in [0, 0.05) is 7.11 Å². The van der Waals surface area contributed by atoms with Gasteiger partial charge < -0.3 is 9.47 Å². The van der Waals surface area contributed by atoms with Crippen molar-refractivity contribution in [2.75, 3.05) is 7.11 Å². The Morgan fingerprint density at radius 1 is 1.53 bits per heavy atom. The molecule has 1 fully saturated rings. The minimum atomic E-state index is -0.106. The summed E-state index contributed by atoms with van der Waals surface area (Å²) in [6.07, 6.45) is 8.72. The highest BCUT2D eigenvalue weighted by Crippen LogP contribution is 2.41. The molecule has 0 aromatic rings. The van der Waals surface area contributed by atoms with Gasteiger partial charge in [-0.3, -0.25) is 0 Å². The maximum atomic E-state index is 5.97. The van der Waals surface area contributed by atoms with E-state index in [-0.39, 0.29) is 11.9 Å². The Morgan fingerprint density at radius 3 is 3.00 bits per heavy atom. The first-order valence-corrected chi connectivity index (χ1v) is 6.02. The molecule has 0 heterocycles. The van der Waals surface area contributed by atoms with Gasteiger partial charge in [-0.25, -0.2) is 0 Å². The van der Waals surface area contributed by atoms with Crippen LogP contribution in [0.5, 0.6) is 0 Å². The molecule has 0 aromatic carbocycles. The second-order valence-corrected chi connectivity index (χ2v) is 5.20. The molecule has 2 rings (SSSR count). The molecule has 2 aliphatic carbocycles. The van der Waals surface area contributed by atoms with Gasteiger partial charge in [0.15, 0.2) is 6.29 Å². The molecule has 0 aliphatic heterocycles. The van der Waals surface area contributed by atoms with Crippen LogP contribution < -0.4 is 0 Å². The fraction of sp³-hybridized carbons (Fsp3) is 0.846. The molecule has 3 unspecified atom stereocenters. The van der Waals surface area contributed by atoms with E-state index in [1.54, 1.807) is 12.7 Å². The zero-order valence-electron chi connectivity index (χ0n) is 10.1. The lowest BCUT2D eigenvalue weighted by atomic mass is 9.73. The third-order valence-electron chi connectivity index (χ3n) is 3.63. The maximum absolute atomic E-state index is 5.97. The van der Waals surface area contributed by atoms with Crippen LogP contribution in [0.2, 0.25) is 0 Å². The monoisotopic (exact) mass is 210 g/mol. The normalized spacial score (nSPS) is 37.3. The summed E-state index contributed by atoms with van der Waals surface area (Å²) in [4.78, 5) is 0. The van der Waals surface area contributed by atoms with Crippen LogP contribution in [-0.2, 0) is 9.47 Å². The van der Waals surface area contributed by atoms with E-state index in [4.69, 9.17) is 9.47 Å². The van der Waals surface area contributed by atoms with Crippen LogP contribution in [0.25, 0.3) is 0 Å². The van der Waals surface area contributed by atoms with Crippen molar-refractivity contribution in [3.8, 4) is 0 Å². The number of hydrogen-bond donors (Lipinski definition) is 0. The highest BCUT2D eigenvalue weighted by atomic mass is 16.7. The van der Waals surface area contributed by atoms with Crippen LogP contribution in [0.15, 0.2) is 11.6 Å². The van der Waals surface area contributed by atoms with Gasteiger partial charge in [0.2, 0.25) is 0 Å². The first kappa shape index (κ1) is 11.2. The summed E-state index contributed by atoms with van der Waals surface area (Å²) in [5.41, 5.74) is 1.51. The zero-order chi connectivity index (χ0) is 10.9. The molecule has 0 radical (unpaired) electrons.